The third-order valence-electron chi connectivity index (χ3n) is 9.96. The molecule has 10 rings (SSSR count). The zero-order valence-electron chi connectivity index (χ0n) is 30.1. The summed E-state index contributed by atoms with van der Waals surface area (Å²) in [6.45, 7) is 6.24. The van der Waals surface area contributed by atoms with Crippen molar-refractivity contribution in [2.75, 3.05) is 0 Å². The number of pyridine rings is 2. The number of rotatable bonds is 4. The Morgan fingerprint density at radius 2 is 1.33 bits per heavy atom. The summed E-state index contributed by atoms with van der Waals surface area (Å²) in [6.07, 6.45) is 3.80. The Balaban J connectivity index is 0.000000218. The second kappa shape index (κ2) is 14.7. The van der Waals surface area contributed by atoms with Gasteiger partial charge in [0.05, 0.1) is 11.0 Å². The monoisotopic (exact) mass is 874 g/mol. The second-order valence-corrected chi connectivity index (χ2v) is 13.5. The number of aromatic nitrogens is 3. The van der Waals surface area contributed by atoms with E-state index in [2.05, 4.69) is 146 Å². The van der Waals surface area contributed by atoms with Crippen LogP contribution in [-0.2, 0) is 20.1 Å². The smallest absolute Gasteiger partial charge is 0.145 e. The summed E-state index contributed by atoms with van der Waals surface area (Å²) in [5.74, 6) is 0. The Hall–Kier alpha value is -6.13. The topological polar surface area (TPSA) is 43.9 Å². The van der Waals surface area contributed by atoms with Gasteiger partial charge in [0.1, 0.15) is 11.2 Å². The molecule has 0 bridgehead atoms. The van der Waals surface area contributed by atoms with E-state index in [1.54, 1.807) is 0 Å². The molecule has 0 aliphatic rings. The van der Waals surface area contributed by atoms with E-state index in [1.807, 2.05) is 54.9 Å². The molecule has 0 atom stereocenters. The quantitative estimate of drug-likeness (QED) is 0.166. The van der Waals surface area contributed by atoms with Crippen LogP contribution in [0.25, 0.3) is 83.1 Å². The summed E-state index contributed by atoms with van der Waals surface area (Å²) < 4.78 is 9.00. The van der Waals surface area contributed by atoms with Crippen molar-refractivity contribution in [1.82, 2.24) is 14.5 Å². The third-order valence-corrected chi connectivity index (χ3v) is 9.96. The van der Waals surface area contributed by atoms with E-state index in [0.717, 1.165) is 72.3 Å². The molecule has 10 aromatic rings. The fourth-order valence-electron chi connectivity index (χ4n) is 7.14. The first-order chi connectivity index (χ1) is 26.0. The molecule has 0 unspecified atom stereocenters. The van der Waals surface area contributed by atoms with Gasteiger partial charge in [-0.25, -0.2) is 0 Å². The molecule has 263 valence electrons. The van der Waals surface area contributed by atoms with Crippen molar-refractivity contribution in [2.45, 2.75) is 20.8 Å². The summed E-state index contributed by atoms with van der Waals surface area (Å²) in [7, 11) is 0. The van der Waals surface area contributed by atoms with Gasteiger partial charge in [-0.1, -0.05) is 79.2 Å². The molecule has 4 aromatic heterocycles. The average molecular weight is 874 g/mol. The first kappa shape index (κ1) is 34.9. The summed E-state index contributed by atoms with van der Waals surface area (Å²) in [5, 5.41) is 4.64. The van der Waals surface area contributed by atoms with Gasteiger partial charge in [-0.05, 0) is 72.8 Å². The molecule has 1 radical (unpaired) electrons. The zero-order valence-corrected chi connectivity index (χ0v) is 32.5. The molecular weight excluding hydrogens is 839 g/mol. The van der Waals surface area contributed by atoms with Crippen LogP contribution in [0.4, 0.5) is 0 Å². The van der Waals surface area contributed by atoms with Crippen molar-refractivity contribution in [3.8, 4) is 39.3 Å². The van der Waals surface area contributed by atoms with Gasteiger partial charge < -0.3 is 19.0 Å². The first-order valence-electron chi connectivity index (χ1n) is 17.8. The maximum atomic E-state index is 6.64. The molecule has 0 N–H and O–H groups in total. The maximum absolute atomic E-state index is 6.64. The van der Waals surface area contributed by atoms with Crippen LogP contribution in [0.2, 0.25) is 0 Å². The van der Waals surface area contributed by atoms with Gasteiger partial charge in [0.25, 0.3) is 0 Å². The molecular formula is C49H35IrN3O-2. The molecule has 4 heterocycles. The molecule has 54 heavy (non-hydrogen) atoms. The number of benzene rings is 6. The van der Waals surface area contributed by atoms with Crippen LogP contribution in [0.5, 0.6) is 0 Å². The molecule has 6 aromatic carbocycles. The molecule has 4 nitrogen and oxygen atoms in total. The number of para-hydroxylation sites is 3. The largest absolute Gasteiger partial charge is 0.455 e. The van der Waals surface area contributed by atoms with E-state index in [9.17, 15) is 0 Å². The van der Waals surface area contributed by atoms with Crippen LogP contribution in [0.3, 0.4) is 0 Å². The van der Waals surface area contributed by atoms with E-state index in [0.29, 0.717) is 0 Å². The molecule has 5 heteroatoms. The van der Waals surface area contributed by atoms with Gasteiger partial charge >= 0.3 is 0 Å². The minimum atomic E-state index is 0. The van der Waals surface area contributed by atoms with Gasteiger partial charge in [-0.15, -0.1) is 71.3 Å². The summed E-state index contributed by atoms with van der Waals surface area (Å²) >= 11 is 0. The van der Waals surface area contributed by atoms with Gasteiger partial charge in [0, 0.05) is 65.3 Å². The predicted octanol–water partition coefficient (Wildman–Crippen LogP) is 12.7. The fraction of sp³-hybridized carbons (Fsp3) is 0.0612. The predicted molar refractivity (Wildman–Crippen MR) is 218 cm³/mol. The standard InChI is InChI=1S/C35H21N2O.C14H14N.Ir/c1-3-11-23(12-4-1)30-21-24(19-20-36-30)33-34-28(22-29-27-16-8-10-18-32(27)38-35(29)33)26-15-7-9-17-31(26)37(34)25-13-5-2-6-14-25;1-10-4-6-13(7-5-10)14-8-11(2)12(3)9-15-14;/h1-11,13-22H;4-6,8-9H,1-3H3;/q2*-1;. The van der Waals surface area contributed by atoms with Crippen LogP contribution >= 0.6 is 0 Å². The molecule has 0 saturated heterocycles. The summed E-state index contributed by atoms with van der Waals surface area (Å²) in [4.78, 5) is 9.10. The summed E-state index contributed by atoms with van der Waals surface area (Å²) in [6, 6.07) is 56.8. The van der Waals surface area contributed by atoms with E-state index in [4.69, 9.17) is 9.40 Å². The molecule has 0 saturated carbocycles. The first-order valence-corrected chi connectivity index (χ1v) is 17.8. The van der Waals surface area contributed by atoms with Gasteiger partial charge in [0.15, 0.2) is 0 Å². The Bertz CT molecular complexity index is 2910. The van der Waals surface area contributed by atoms with Crippen molar-refractivity contribution in [2.24, 2.45) is 0 Å². The van der Waals surface area contributed by atoms with E-state index in [1.165, 1.54) is 27.5 Å². The number of hydrogen-bond donors (Lipinski definition) is 0. The minimum absolute atomic E-state index is 0. The zero-order chi connectivity index (χ0) is 35.9. The maximum Gasteiger partial charge on any atom is 0.145 e. The van der Waals surface area contributed by atoms with Crippen molar-refractivity contribution in [3.63, 3.8) is 0 Å². The van der Waals surface area contributed by atoms with Crippen molar-refractivity contribution in [1.29, 1.82) is 0 Å². The van der Waals surface area contributed by atoms with Crippen molar-refractivity contribution < 1.29 is 24.5 Å². The molecule has 0 aliphatic heterocycles. The average Bonchev–Trinajstić information content (AvgIpc) is 3.75. The second-order valence-electron chi connectivity index (χ2n) is 13.5. The molecule has 0 spiro atoms. The van der Waals surface area contributed by atoms with E-state index >= 15 is 0 Å². The molecule has 0 fully saturated rings. The van der Waals surface area contributed by atoms with Crippen molar-refractivity contribution in [3.05, 3.63) is 187 Å². The number of aryl methyl sites for hydroxylation is 3. The van der Waals surface area contributed by atoms with Crippen molar-refractivity contribution >= 4 is 43.7 Å². The Morgan fingerprint density at radius 3 is 2.11 bits per heavy atom. The van der Waals surface area contributed by atoms with Gasteiger partial charge in [-0.2, -0.15) is 0 Å². The number of fused-ring (bicyclic) bond motifs is 6. The minimum Gasteiger partial charge on any atom is -0.455 e. The summed E-state index contributed by atoms with van der Waals surface area (Å²) in [5.41, 5.74) is 14.9. The van der Waals surface area contributed by atoms with E-state index < -0.39 is 0 Å². The molecule has 0 amide bonds. The van der Waals surface area contributed by atoms with Crippen LogP contribution in [0, 0.1) is 32.9 Å². The van der Waals surface area contributed by atoms with Crippen LogP contribution in [0.15, 0.2) is 162 Å². The number of hydrogen-bond acceptors (Lipinski definition) is 3. The molecule has 0 aliphatic carbocycles. The Labute approximate surface area is 328 Å². The number of nitrogens with zero attached hydrogens (tertiary/aromatic N) is 3. The van der Waals surface area contributed by atoms with E-state index in [-0.39, 0.29) is 20.1 Å². The van der Waals surface area contributed by atoms with Crippen LogP contribution in [-0.4, -0.2) is 14.5 Å². The Kier molecular flexibility index (Phi) is 9.52. The Morgan fingerprint density at radius 1 is 0.593 bits per heavy atom. The number of furan rings is 1. The third kappa shape index (κ3) is 6.32. The fourth-order valence-corrected chi connectivity index (χ4v) is 7.14. The SMILES string of the molecule is Cc1c[c-]c(-c2cc(C)c(C)cn2)cc1.[Ir].[c-]1ccccc1-c1cc(-c2c3oc4ccccc4c3cc3c4ccccc4n(-c4ccccc4)c23)ccn1. The van der Waals surface area contributed by atoms with Gasteiger partial charge in [-0.3, -0.25) is 0 Å². The van der Waals surface area contributed by atoms with Crippen LogP contribution < -0.4 is 0 Å². The normalized spacial score (nSPS) is 11.1. The van der Waals surface area contributed by atoms with Gasteiger partial charge in [0.2, 0.25) is 0 Å². The van der Waals surface area contributed by atoms with Crippen LogP contribution in [0.1, 0.15) is 16.7 Å².